The molecule has 118 valence electrons. The largest absolute Gasteiger partial charge is 0.337 e. The lowest BCUT2D eigenvalue weighted by Gasteiger charge is -2.34. The molecule has 3 rings (SSSR count). The van der Waals surface area contributed by atoms with E-state index in [-0.39, 0.29) is 11.8 Å². The van der Waals surface area contributed by atoms with Crippen molar-refractivity contribution in [2.75, 3.05) is 25.0 Å². The minimum Gasteiger partial charge on any atom is -0.337 e. The number of anilines is 1. The van der Waals surface area contributed by atoms with Crippen molar-refractivity contribution < 1.29 is 9.59 Å². The molecule has 2 heterocycles. The van der Waals surface area contributed by atoms with Gasteiger partial charge in [-0.05, 0) is 37.0 Å². The van der Waals surface area contributed by atoms with Crippen molar-refractivity contribution >= 4 is 17.5 Å². The summed E-state index contributed by atoms with van der Waals surface area (Å²) in [5.74, 6) is 0.321. The second-order valence-corrected chi connectivity index (χ2v) is 6.21. The standard InChI is InChI=1S/C17H23N3O2/c1-12-11-18-7-8-20(12)17(22)4-2-3-13-5-6-15-14(9-13)10-16(21)19-15/h5-6,9,12,18H,2-4,7-8,10-11H2,1H3,(H,19,21)/t12-/m0/s1. The number of piperazine rings is 1. The van der Waals surface area contributed by atoms with Crippen LogP contribution in [0.2, 0.25) is 0 Å². The minimum atomic E-state index is 0.0648. The first-order valence-corrected chi connectivity index (χ1v) is 8.05. The first kappa shape index (κ1) is 15.0. The topological polar surface area (TPSA) is 61.4 Å². The number of rotatable bonds is 4. The van der Waals surface area contributed by atoms with E-state index in [0.717, 1.165) is 43.7 Å². The maximum absolute atomic E-state index is 12.3. The summed E-state index contributed by atoms with van der Waals surface area (Å²) < 4.78 is 0. The van der Waals surface area contributed by atoms with Gasteiger partial charge in [-0.25, -0.2) is 0 Å². The van der Waals surface area contributed by atoms with Gasteiger partial charge in [0, 0.05) is 37.8 Å². The van der Waals surface area contributed by atoms with Gasteiger partial charge in [0.2, 0.25) is 11.8 Å². The molecule has 2 aliphatic heterocycles. The Kier molecular flexibility index (Phi) is 4.43. The first-order chi connectivity index (χ1) is 10.6. The molecule has 1 atom stereocenters. The second-order valence-electron chi connectivity index (χ2n) is 6.21. The molecule has 5 heteroatoms. The van der Waals surface area contributed by atoms with Gasteiger partial charge in [0.1, 0.15) is 0 Å². The lowest BCUT2D eigenvalue weighted by molar-refractivity contribution is -0.134. The molecule has 1 aromatic carbocycles. The summed E-state index contributed by atoms with van der Waals surface area (Å²) in [6, 6.07) is 6.39. The molecule has 0 aromatic heterocycles. The van der Waals surface area contributed by atoms with Crippen LogP contribution in [-0.2, 0) is 22.4 Å². The SMILES string of the molecule is C[C@H]1CNCCN1C(=O)CCCc1ccc2c(c1)CC(=O)N2. The van der Waals surface area contributed by atoms with Gasteiger partial charge < -0.3 is 15.5 Å². The molecule has 0 unspecified atom stereocenters. The zero-order valence-electron chi connectivity index (χ0n) is 13.0. The van der Waals surface area contributed by atoms with Crippen LogP contribution >= 0.6 is 0 Å². The van der Waals surface area contributed by atoms with Crippen LogP contribution in [-0.4, -0.2) is 42.4 Å². The second kappa shape index (κ2) is 6.48. The maximum Gasteiger partial charge on any atom is 0.228 e. The van der Waals surface area contributed by atoms with Crippen molar-refractivity contribution in [2.24, 2.45) is 0 Å². The van der Waals surface area contributed by atoms with Crippen molar-refractivity contribution in [3.63, 3.8) is 0 Å². The van der Waals surface area contributed by atoms with Crippen molar-refractivity contribution in [3.05, 3.63) is 29.3 Å². The van der Waals surface area contributed by atoms with Crippen molar-refractivity contribution in [1.82, 2.24) is 10.2 Å². The highest BCUT2D eigenvalue weighted by atomic mass is 16.2. The molecule has 0 radical (unpaired) electrons. The van der Waals surface area contributed by atoms with Crippen LogP contribution in [0.15, 0.2) is 18.2 Å². The Labute approximate surface area is 131 Å². The number of hydrogen-bond acceptors (Lipinski definition) is 3. The number of hydrogen-bond donors (Lipinski definition) is 2. The number of carbonyl (C=O) groups excluding carboxylic acids is 2. The summed E-state index contributed by atoms with van der Waals surface area (Å²) in [7, 11) is 0. The molecule has 1 aromatic rings. The van der Waals surface area contributed by atoms with Crippen molar-refractivity contribution in [3.8, 4) is 0 Å². The highest BCUT2D eigenvalue weighted by Gasteiger charge is 2.22. The van der Waals surface area contributed by atoms with Gasteiger partial charge in [0.25, 0.3) is 0 Å². The zero-order valence-corrected chi connectivity index (χ0v) is 13.0. The Morgan fingerprint density at radius 2 is 2.27 bits per heavy atom. The van der Waals surface area contributed by atoms with E-state index in [4.69, 9.17) is 0 Å². The number of nitrogens with zero attached hydrogens (tertiary/aromatic N) is 1. The van der Waals surface area contributed by atoms with E-state index in [1.165, 1.54) is 5.56 Å². The Morgan fingerprint density at radius 3 is 3.09 bits per heavy atom. The average Bonchev–Trinajstić information content (AvgIpc) is 2.87. The fraction of sp³-hybridized carbons (Fsp3) is 0.529. The number of nitrogens with one attached hydrogen (secondary N) is 2. The fourth-order valence-corrected chi connectivity index (χ4v) is 3.24. The maximum atomic E-state index is 12.3. The van der Waals surface area contributed by atoms with E-state index in [1.807, 2.05) is 17.0 Å². The summed E-state index contributed by atoms with van der Waals surface area (Å²) in [5, 5.41) is 6.14. The molecule has 2 aliphatic rings. The van der Waals surface area contributed by atoms with E-state index in [2.05, 4.69) is 23.6 Å². The van der Waals surface area contributed by atoms with Gasteiger partial charge in [0.05, 0.1) is 6.42 Å². The summed E-state index contributed by atoms with van der Waals surface area (Å²) in [6.45, 7) is 4.68. The zero-order chi connectivity index (χ0) is 15.5. The van der Waals surface area contributed by atoms with Gasteiger partial charge in [-0.3, -0.25) is 9.59 Å². The van der Waals surface area contributed by atoms with Crippen molar-refractivity contribution in [2.45, 2.75) is 38.6 Å². The Bertz CT molecular complexity index is 585. The molecule has 22 heavy (non-hydrogen) atoms. The third kappa shape index (κ3) is 3.30. The number of amides is 2. The number of fused-ring (bicyclic) bond motifs is 1. The molecule has 2 amide bonds. The van der Waals surface area contributed by atoms with E-state index < -0.39 is 0 Å². The molecular formula is C17H23N3O2. The van der Waals surface area contributed by atoms with E-state index in [0.29, 0.717) is 18.9 Å². The molecule has 1 fully saturated rings. The number of aryl methyl sites for hydroxylation is 1. The summed E-state index contributed by atoms with van der Waals surface area (Å²) in [6.07, 6.45) is 2.81. The average molecular weight is 301 g/mol. The molecular weight excluding hydrogens is 278 g/mol. The van der Waals surface area contributed by atoms with Crippen LogP contribution < -0.4 is 10.6 Å². The highest BCUT2D eigenvalue weighted by Crippen LogP contribution is 2.24. The van der Waals surface area contributed by atoms with Gasteiger partial charge >= 0.3 is 0 Å². The summed E-state index contributed by atoms with van der Waals surface area (Å²) >= 11 is 0. The molecule has 1 saturated heterocycles. The van der Waals surface area contributed by atoms with Crippen LogP contribution in [0.1, 0.15) is 30.9 Å². The lowest BCUT2D eigenvalue weighted by atomic mass is 10.0. The quantitative estimate of drug-likeness (QED) is 0.882. The molecule has 5 nitrogen and oxygen atoms in total. The number of carbonyl (C=O) groups is 2. The summed E-state index contributed by atoms with van der Waals surface area (Å²) in [4.78, 5) is 25.6. The van der Waals surface area contributed by atoms with Gasteiger partial charge in [-0.15, -0.1) is 0 Å². The number of benzene rings is 1. The predicted molar refractivity (Wildman–Crippen MR) is 85.8 cm³/mol. The molecule has 0 saturated carbocycles. The van der Waals surface area contributed by atoms with Gasteiger partial charge in [-0.1, -0.05) is 12.1 Å². The Balaban J connectivity index is 1.50. The first-order valence-electron chi connectivity index (χ1n) is 8.05. The third-order valence-electron chi connectivity index (χ3n) is 4.47. The predicted octanol–water partition coefficient (Wildman–Crippen LogP) is 1.32. The normalized spacial score (nSPS) is 20.7. The van der Waals surface area contributed by atoms with Gasteiger partial charge in [0.15, 0.2) is 0 Å². The smallest absolute Gasteiger partial charge is 0.228 e. The fourth-order valence-electron chi connectivity index (χ4n) is 3.24. The molecule has 0 spiro atoms. The molecule has 2 N–H and O–H groups in total. The summed E-state index contributed by atoms with van der Waals surface area (Å²) in [5.41, 5.74) is 3.21. The van der Waals surface area contributed by atoms with E-state index in [1.54, 1.807) is 0 Å². The molecule has 0 aliphatic carbocycles. The van der Waals surface area contributed by atoms with Crippen molar-refractivity contribution in [1.29, 1.82) is 0 Å². The lowest BCUT2D eigenvalue weighted by Crippen LogP contribution is -2.52. The van der Waals surface area contributed by atoms with Crippen LogP contribution in [0, 0.1) is 0 Å². The third-order valence-corrected chi connectivity index (χ3v) is 4.47. The Hall–Kier alpha value is -1.88. The Morgan fingerprint density at radius 1 is 1.41 bits per heavy atom. The van der Waals surface area contributed by atoms with Crippen LogP contribution in [0.4, 0.5) is 5.69 Å². The van der Waals surface area contributed by atoms with Crippen LogP contribution in [0.3, 0.4) is 0 Å². The highest BCUT2D eigenvalue weighted by molar-refractivity contribution is 5.99. The molecule has 0 bridgehead atoms. The monoisotopic (exact) mass is 301 g/mol. The van der Waals surface area contributed by atoms with Crippen LogP contribution in [0.25, 0.3) is 0 Å². The van der Waals surface area contributed by atoms with E-state index in [9.17, 15) is 9.59 Å². The van der Waals surface area contributed by atoms with Gasteiger partial charge in [-0.2, -0.15) is 0 Å². The van der Waals surface area contributed by atoms with Crippen LogP contribution in [0.5, 0.6) is 0 Å². The van der Waals surface area contributed by atoms with E-state index >= 15 is 0 Å². The minimum absolute atomic E-state index is 0.0648.